The maximum atomic E-state index is 12.6. The molecule has 1 fully saturated rings. The average Bonchev–Trinajstić information content (AvgIpc) is 2.79. The molecule has 0 unspecified atom stereocenters. The van der Waals surface area contributed by atoms with Crippen LogP contribution in [0.1, 0.15) is 18.4 Å². The number of carbonyl (C=O) groups excluding carboxylic acids is 2. The topological polar surface area (TPSA) is 125 Å². The lowest BCUT2D eigenvalue weighted by molar-refractivity contribution is -0.125. The first kappa shape index (κ1) is 22.1. The third-order valence-corrected chi connectivity index (χ3v) is 5.30. The summed E-state index contributed by atoms with van der Waals surface area (Å²) in [6, 6.07) is 9.43. The number of piperidine rings is 1. The fourth-order valence-electron chi connectivity index (χ4n) is 3.54. The molecule has 5 N–H and O–H groups in total. The second-order valence-corrected chi connectivity index (χ2v) is 7.41. The first-order valence-corrected chi connectivity index (χ1v) is 10.4. The van der Waals surface area contributed by atoms with Crippen LogP contribution >= 0.6 is 0 Å². The van der Waals surface area contributed by atoms with E-state index < -0.39 is 0 Å². The number of amides is 2. The number of anilines is 4. The molecule has 1 aromatic carbocycles. The van der Waals surface area contributed by atoms with Crippen LogP contribution in [-0.2, 0) is 16.0 Å². The number of nitrogens with one attached hydrogen (secondary N) is 3. The van der Waals surface area contributed by atoms with E-state index in [0.717, 1.165) is 49.4 Å². The lowest BCUT2D eigenvalue weighted by atomic mass is 9.96. The van der Waals surface area contributed by atoms with Crippen molar-refractivity contribution in [3.05, 3.63) is 48.6 Å². The van der Waals surface area contributed by atoms with Crippen LogP contribution in [0.15, 0.2) is 43.0 Å². The van der Waals surface area contributed by atoms with E-state index in [9.17, 15) is 9.59 Å². The van der Waals surface area contributed by atoms with Gasteiger partial charge in [-0.3, -0.25) is 9.59 Å². The number of nitrogen functional groups attached to an aromatic ring is 1. The van der Waals surface area contributed by atoms with E-state index in [1.165, 1.54) is 6.08 Å². The Kier molecular flexibility index (Phi) is 7.42. The molecule has 0 spiro atoms. The van der Waals surface area contributed by atoms with E-state index in [1.807, 2.05) is 30.3 Å². The third kappa shape index (κ3) is 6.18. The van der Waals surface area contributed by atoms with Gasteiger partial charge in [0.15, 0.2) is 0 Å². The standard InChI is InChI=1S/C22H29N7O2/c1-3-20(30)26-17-6-4-15(5-7-17)8-11-25-21(31)16-9-12-29(13-10-16)19-14-18(24-2)27-22(23)28-19/h3-7,14,16H,1,8-13H2,2H3,(H,25,31)(H,26,30)(H3,23,24,27,28). The fourth-order valence-corrected chi connectivity index (χ4v) is 3.54. The van der Waals surface area contributed by atoms with Crippen LogP contribution in [0.5, 0.6) is 0 Å². The lowest BCUT2D eigenvalue weighted by Crippen LogP contribution is -2.41. The molecule has 1 aromatic heterocycles. The molecule has 2 aromatic rings. The molecule has 9 heteroatoms. The van der Waals surface area contributed by atoms with Gasteiger partial charge in [0.2, 0.25) is 17.8 Å². The van der Waals surface area contributed by atoms with E-state index in [0.29, 0.717) is 12.4 Å². The van der Waals surface area contributed by atoms with Crippen molar-refractivity contribution in [2.24, 2.45) is 5.92 Å². The molecule has 31 heavy (non-hydrogen) atoms. The molecule has 164 valence electrons. The molecule has 1 aliphatic heterocycles. The third-order valence-electron chi connectivity index (χ3n) is 5.30. The number of carbonyl (C=O) groups is 2. The van der Waals surface area contributed by atoms with Crippen molar-refractivity contribution >= 4 is 35.1 Å². The quantitative estimate of drug-likeness (QED) is 0.477. The summed E-state index contributed by atoms with van der Waals surface area (Å²) in [5.74, 6) is 1.54. The van der Waals surface area contributed by atoms with E-state index in [-0.39, 0.29) is 23.7 Å². The normalized spacial score (nSPS) is 14.0. The number of rotatable bonds is 8. The van der Waals surface area contributed by atoms with Gasteiger partial charge in [-0.15, -0.1) is 0 Å². The Morgan fingerprint density at radius 3 is 2.58 bits per heavy atom. The van der Waals surface area contributed by atoms with E-state index >= 15 is 0 Å². The summed E-state index contributed by atoms with van der Waals surface area (Å²) < 4.78 is 0. The number of benzene rings is 1. The Morgan fingerprint density at radius 2 is 1.94 bits per heavy atom. The summed E-state index contributed by atoms with van der Waals surface area (Å²) in [5, 5.41) is 8.74. The lowest BCUT2D eigenvalue weighted by Gasteiger charge is -2.32. The van der Waals surface area contributed by atoms with E-state index in [1.54, 1.807) is 7.05 Å². The molecule has 3 rings (SSSR count). The Bertz CT molecular complexity index is 922. The Balaban J connectivity index is 1.42. The van der Waals surface area contributed by atoms with Crippen molar-refractivity contribution < 1.29 is 9.59 Å². The van der Waals surface area contributed by atoms with E-state index in [2.05, 4.69) is 37.4 Å². The second-order valence-electron chi connectivity index (χ2n) is 7.41. The van der Waals surface area contributed by atoms with Crippen molar-refractivity contribution in [2.45, 2.75) is 19.3 Å². The molecule has 1 aliphatic rings. The summed E-state index contributed by atoms with van der Waals surface area (Å²) in [7, 11) is 1.79. The van der Waals surface area contributed by atoms with Gasteiger partial charge in [-0.25, -0.2) is 0 Å². The van der Waals surface area contributed by atoms with Gasteiger partial charge < -0.3 is 26.6 Å². The van der Waals surface area contributed by atoms with Crippen molar-refractivity contribution in [3.8, 4) is 0 Å². The van der Waals surface area contributed by atoms with Crippen LogP contribution in [0.2, 0.25) is 0 Å². The molecule has 0 radical (unpaired) electrons. The molecule has 2 heterocycles. The maximum Gasteiger partial charge on any atom is 0.247 e. The highest BCUT2D eigenvalue weighted by Crippen LogP contribution is 2.24. The van der Waals surface area contributed by atoms with Crippen LogP contribution in [0, 0.1) is 5.92 Å². The zero-order valence-electron chi connectivity index (χ0n) is 17.7. The predicted octanol–water partition coefficient (Wildman–Crippen LogP) is 1.80. The largest absolute Gasteiger partial charge is 0.373 e. The Hall–Kier alpha value is -3.62. The molecule has 0 bridgehead atoms. The summed E-state index contributed by atoms with van der Waals surface area (Å²) in [6.07, 6.45) is 3.49. The number of hydrogen-bond acceptors (Lipinski definition) is 7. The highest BCUT2D eigenvalue weighted by Gasteiger charge is 2.25. The van der Waals surface area contributed by atoms with Gasteiger partial charge >= 0.3 is 0 Å². The molecule has 2 amide bonds. The minimum absolute atomic E-state index is 0.00398. The highest BCUT2D eigenvalue weighted by atomic mass is 16.2. The van der Waals surface area contributed by atoms with Crippen LogP contribution in [0.3, 0.4) is 0 Å². The van der Waals surface area contributed by atoms with Crippen LogP contribution in [0.4, 0.5) is 23.3 Å². The van der Waals surface area contributed by atoms with Gasteiger partial charge in [0, 0.05) is 44.4 Å². The maximum absolute atomic E-state index is 12.6. The SMILES string of the molecule is C=CC(=O)Nc1ccc(CCNC(=O)C2CCN(c3cc(NC)nc(N)n3)CC2)cc1. The van der Waals surface area contributed by atoms with Crippen molar-refractivity contribution in [1.29, 1.82) is 0 Å². The molecule has 1 saturated heterocycles. The van der Waals surface area contributed by atoms with Gasteiger partial charge in [0.1, 0.15) is 11.6 Å². The minimum atomic E-state index is -0.239. The highest BCUT2D eigenvalue weighted by molar-refractivity contribution is 5.98. The smallest absolute Gasteiger partial charge is 0.247 e. The van der Waals surface area contributed by atoms with Crippen LogP contribution in [0.25, 0.3) is 0 Å². The predicted molar refractivity (Wildman–Crippen MR) is 123 cm³/mol. The van der Waals surface area contributed by atoms with Gasteiger partial charge in [-0.05, 0) is 43.0 Å². The minimum Gasteiger partial charge on any atom is -0.373 e. The first-order valence-electron chi connectivity index (χ1n) is 10.4. The zero-order chi connectivity index (χ0) is 22.2. The van der Waals surface area contributed by atoms with Crippen molar-refractivity contribution in [3.63, 3.8) is 0 Å². The van der Waals surface area contributed by atoms with Crippen molar-refractivity contribution in [2.75, 3.05) is 47.9 Å². The Labute approximate surface area is 182 Å². The number of nitrogens with zero attached hydrogens (tertiary/aromatic N) is 3. The first-order chi connectivity index (χ1) is 15.0. The van der Waals surface area contributed by atoms with Crippen molar-refractivity contribution in [1.82, 2.24) is 15.3 Å². The average molecular weight is 424 g/mol. The monoisotopic (exact) mass is 423 g/mol. The summed E-state index contributed by atoms with van der Waals surface area (Å²) >= 11 is 0. The van der Waals surface area contributed by atoms with Gasteiger partial charge in [0.05, 0.1) is 0 Å². The number of hydrogen-bond donors (Lipinski definition) is 4. The molecular weight excluding hydrogens is 394 g/mol. The number of aromatic nitrogens is 2. The molecule has 0 atom stereocenters. The van der Waals surface area contributed by atoms with Gasteiger partial charge in [-0.2, -0.15) is 9.97 Å². The fraction of sp³-hybridized carbons (Fsp3) is 0.364. The van der Waals surface area contributed by atoms with Crippen LogP contribution < -0.4 is 26.6 Å². The summed E-state index contributed by atoms with van der Waals surface area (Å²) in [6.45, 7) is 5.50. The molecule has 9 nitrogen and oxygen atoms in total. The summed E-state index contributed by atoms with van der Waals surface area (Å²) in [4.78, 5) is 34.4. The van der Waals surface area contributed by atoms with E-state index in [4.69, 9.17) is 5.73 Å². The molecule has 0 saturated carbocycles. The van der Waals surface area contributed by atoms with Gasteiger partial charge in [0.25, 0.3) is 0 Å². The zero-order valence-corrected chi connectivity index (χ0v) is 17.7. The van der Waals surface area contributed by atoms with Crippen LogP contribution in [-0.4, -0.2) is 48.5 Å². The molecular formula is C22H29N7O2. The molecule has 0 aliphatic carbocycles. The summed E-state index contributed by atoms with van der Waals surface area (Å²) in [5.41, 5.74) is 7.59. The second kappa shape index (κ2) is 10.4. The van der Waals surface area contributed by atoms with Gasteiger partial charge in [-0.1, -0.05) is 18.7 Å². The number of nitrogens with two attached hydrogens (primary N) is 1. The Morgan fingerprint density at radius 1 is 1.23 bits per heavy atom.